The van der Waals surface area contributed by atoms with Gasteiger partial charge in [0, 0.05) is 16.5 Å². The minimum Gasteiger partial charge on any atom is -0.334 e. The van der Waals surface area contributed by atoms with Crippen molar-refractivity contribution in [2.45, 2.75) is 24.8 Å². The number of anilines is 1. The maximum Gasteiger partial charge on any atom is 0.269 e. The molecule has 7 heteroatoms. The van der Waals surface area contributed by atoms with Crippen LogP contribution in [0.4, 0.5) is 5.69 Å². The van der Waals surface area contributed by atoms with Gasteiger partial charge in [0.25, 0.3) is 5.91 Å². The Kier molecular flexibility index (Phi) is 5.25. The van der Waals surface area contributed by atoms with Gasteiger partial charge < -0.3 is 4.90 Å². The normalized spacial score (nSPS) is 20.4. The minimum absolute atomic E-state index is 0.0267. The van der Waals surface area contributed by atoms with E-state index in [0.29, 0.717) is 14.2 Å². The summed E-state index contributed by atoms with van der Waals surface area (Å²) in [5.41, 5.74) is 2.12. The molecule has 0 aromatic heterocycles. The van der Waals surface area contributed by atoms with Crippen LogP contribution in [0.25, 0.3) is 0 Å². The lowest BCUT2D eigenvalue weighted by Gasteiger charge is -2.24. The highest BCUT2D eigenvalue weighted by atomic mass is 35.5. The molecule has 27 heavy (non-hydrogen) atoms. The van der Waals surface area contributed by atoms with Crippen LogP contribution in [0.1, 0.15) is 25.5 Å². The average Bonchev–Trinajstić information content (AvgIpc) is 3.17. The summed E-state index contributed by atoms with van der Waals surface area (Å²) < 4.78 is 0.601. The summed E-state index contributed by atoms with van der Waals surface area (Å²) in [6.07, 6.45) is 0. The number of amides is 1. The van der Waals surface area contributed by atoms with Crippen molar-refractivity contribution in [3.63, 3.8) is 0 Å². The number of carbonyl (C=O) groups is 1. The molecule has 4 rings (SSSR count). The number of halogens is 1. The van der Waals surface area contributed by atoms with Crippen molar-refractivity contribution in [3.8, 4) is 0 Å². The second-order valence-corrected chi connectivity index (χ2v) is 9.33. The minimum atomic E-state index is -0.102. The Morgan fingerprint density at radius 3 is 2.59 bits per heavy atom. The number of benzene rings is 2. The van der Waals surface area contributed by atoms with Gasteiger partial charge in [-0.25, -0.2) is 0 Å². The topological polar surface area (TPSA) is 23.6 Å². The summed E-state index contributed by atoms with van der Waals surface area (Å²) in [4.78, 5) is 19.0. The lowest BCUT2D eigenvalue weighted by Crippen LogP contribution is -2.31. The lowest BCUT2D eigenvalue weighted by molar-refractivity contribution is -0.123. The van der Waals surface area contributed by atoms with Gasteiger partial charge in [0.2, 0.25) is 0 Å². The predicted octanol–water partition coefficient (Wildman–Crippen LogP) is 6.06. The fourth-order valence-electron chi connectivity index (χ4n) is 3.26. The molecule has 0 bridgehead atoms. The fraction of sp³-hybridized carbons (Fsp3) is 0.200. The maximum absolute atomic E-state index is 13.3. The van der Waals surface area contributed by atoms with Crippen LogP contribution in [0.15, 0.2) is 63.4 Å². The number of rotatable bonds is 3. The Balaban J connectivity index is 1.71. The molecule has 2 aromatic rings. The smallest absolute Gasteiger partial charge is 0.269 e. The van der Waals surface area contributed by atoms with Crippen molar-refractivity contribution < 1.29 is 4.79 Å². The molecule has 3 nitrogen and oxygen atoms in total. The van der Waals surface area contributed by atoms with Gasteiger partial charge in [-0.15, -0.1) is 0 Å². The first-order valence-corrected chi connectivity index (χ1v) is 11.0. The van der Waals surface area contributed by atoms with Crippen molar-refractivity contribution >= 4 is 63.3 Å². The largest absolute Gasteiger partial charge is 0.334 e. The molecule has 1 unspecified atom stereocenters. The first-order chi connectivity index (χ1) is 13.0. The molecule has 0 saturated carbocycles. The van der Waals surface area contributed by atoms with E-state index in [9.17, 15) is 4.79 Å². The molecule has 2 aliphatic heterocycles. The quantitative estimate of drug-likeness (QED) is 0.433. The number of carbonyl (C=O) groups excluding carboxylic acids is 1. The van der Waals surface area contributed by atoms with Crippen LogP contribution in [-0.4, -0.2) is 21.7 Å². The molecule has 0 radical (unpaired) electrons. The van der Waals surface area contributed by atoms with Crippen LogP contribution in [0.2, 0.25) is 5.02 Å². The van der Waals surface area contributed by atoms with Crippen molar-refractivity contribution in [3.05, 3.63) is 69.1 Å². The third-order valence-corrected chi connectivity index (χ3v) is 7.58. The zero-order chi connectivity index (χ0) is 19.1. The first-order valence-electron chi connectivity index (χ1n) is 8.60. The zero-order valence-electron chi connectivity index (χ0n) is 14.8. The third kappa shape index (κ3) is 3.29. The van der Waals surface area contributed by atoms with E-state index in [0.717, 1.165) is 27.7 Å². The van der Waals surface area contributed by atoms with Crippen molar-refractivity contribution in [1.82, 2.24) is 4.90 Å². The van der Waals surface area contributed by atoms with Gasteiger partial charge in [0.15, 0.2) is 0 Å². The highest BCUT2D eigenvalue weighted by Gasteiger charge is 2.41. The molecule has 1 saturated heterocycles. The van der Waals surface area contributed by atoms with E-state index in [1.807, 2.05) is 55.5 Å². The molecule has 2 aliphatic rings. The summed E-state index contributed by atoms with van der Waals surface area (Å²) in [5, 5.41) is 1.63. The Morgan fingerprint density at radius 1 is 1.15 bits per heavy atom. The maximum atomic E-state index is 13.3. The predicted molar refractivity (Wildman–Crippen MR) is 119 cm³/mol. The standard InChI is InChI=1S/C20H17ClN2OS3/c1-3-22-15-11-14(21)9-10-16(15)26-19(22)17-18(24)23(20(25)27-17)12(2)13-7-5-4-6-8-13/h4-12H,3H2,1-2H3. The highest BCUT2D eigenvalue weighted by Crippen LogP contribution is 2.51. The molecular formula is C20H17ClN2OS3. The van der Waals surface area contributed by atoms with E-state index in [1.165, 1.54) is 11.8 Å². The van der Waals surface area contributed by atoms with E-state index in [4.69, 9.17) is 23.8 Å². The highest BCUT2D eigenvalue weighted by molar-refractivity contribution is 8.27. The molecule has 0 aliphatic carbocycles. The Labute approximate surface area is 177 Å². The van der Waals surface area contributed by atoms with E-state index < -0.39 is 0 Å². The average molecular weight is 433 g/mol. The first kappa shape index (κ1) is 18.9. The van der Waals surface area contributed by atoms with Crippen molar-refractivity contribution in [2.75, 3.05) is 11.4 Å². The van der Waals surface area contributed by atoms with Gasteiger partial charge >= 0.3 is 0 Å². The van der Waals surface area contributed by atoms with E-state index in [-0.39, 0.29) is 11.9 Å². The second kappa shape index (κ2) is 7.51. The SMILES string of the molecule is CCN1C(=C2SC(=S)N(C(C)c3ccccc3)C2=O)Sc2ccc(Cl)cc21. The summed E-state index contributed by atoms with van der Waals surface area (Å²) in [5.74, 6) is -0.0267. The summed E-state index contributed by atoms with van der Waals surface area (Å²) in [6.45, 7) is 4.85. The molecular weight excluding hydrogens is 416 g/mol. The number of thioether (sulfide) groups is 2. The Morgan fingerprint density at radius 2 is 1.89 bits per heavy atom. The number of nitrogens with zero attached hydrogens (tertiary/aromatic N) is 2. The second-order valence-electron chi connectivity index (χ2n) is 6.22. The van der Waals surface area contributed by atoms with Crippen LogP contribution in [0, 0.1) is 0 Å². The lowest BCUT2D eigenvalue weighted by atomic mass is 10.1. The zero-order valence-corrected chi connectivity index (χ0v) is 18.0. The van der Waals surface area contributed by atoms with Crippen molar-refractivity contribution in [2.24, 2.45) is 0 Å². The molecule has 0 spiro atoms. The van der Waals surface area contributed by atoms with E-state index in [1.54, 1.807) is 16.7 Å². The van der Waals surface area contributed by atoms with Gasteiger partial charge in [0.05, 0.1) is 11.7 Å². The van der Waals surface area contributed by atoms with Crippen LogP contribution in [0.5, 0.6) is 0 Å². The summed E-state index contributed by atoms with van der Waals surface area (Å²) in [6, 6.07) is 15.7. The molecule has 1 atom stereocenters. The number of hydrogen-bond acceptors (Lipinski definition) is 5. The molecule has 1 fully saturated rings. The molecule has 1 amide bonds. The van der Waals surface area contributed by atoms with Crippen LogP contribution < -0.4 is 4.90 Å². The Bertz CT molecular complexity index is 961. The van der Waals surface area contributed by atoms with Crippen LogP contribution in [-0.2, 0) is 4.79 Å². The Hall–Kier alpha value is -1.47. The summed E-state index contributed by atoms with van der Waals surface area (Å²) >= 11 is 14.8. The third-order valence-electron chi connectivity index (χ3n) is 4.64. The van der Waals surface area contributed by atoms with Crippen LogP contribution >= 0.6 is 47.3 Å². The van der Waals surface area contributed by atoms with Gasteiger partial charge in [-0.1, -0.05) is 77.7 Å². The summed E-state index contributed by atoms with van der Waals surface area (Å²) in [7, 11) is 0. The van der Waals surface area contributed by atoms with Gasteiger partial charge in [-0.2, -0.15) is 0 Å². The number of fused-ring (bicyclic) bond motifs is 1. The number of hydrogen-bond donors (Lipinski definition) is 0. The van der Waals surface area contributed by atoms with E-state index in [2.05, 4.69) is 11.8 Å². The molecule has 2 heterocycles. The van der Waals surface area contributed by atoms with Gasteiger partial charge in [0.1, 0.15) is 14.3 Å². The fourth-order valence-corrected chi connectivity index (χ4v) is 6.20. The monoisotopic (exact) mass is 432 g/mol. The molecule has 0 N–H and O–H groups in total. The van der Waals surface area contributed by atoms with Gasteiger partial charge in [-0.3, -0.25) is 9.69 Å². The molecule has 2 aromatic carbocycles. The number of thiocarbonyl (C=S) groups is 1. The molecule has 138 valence electrons. The van der Waals surface area contributed by atoms with Crippen LogP contribution in [0.3, 0.4) is 0 Å². The van der Waals surface area contributed by atoms with Crippen molar-refractivity contribution in [1.29, 1.82) is 0 Å². The van der Waals surface area contributed by atoms with Gasteiger partial charge in [-0.05, 0) is 37.6 Å². The van der Waals surface area contributed by atoms with E-state index >= 15 is 0 Å².